The minimum atomic E-state index is -0.434. The minimum Gasteiger partial charge on any atom is -0.497 e. The lowest BCUT2D eigenvalue weighted by molar-refractivity contribution is -0.129. The lowest BCUT2D eigenvalue weighted by Crippen LogP contribution is -2.36. The van der Waals surface area contributed by atoms with Crippen molar-refractivity contribution >= 4 is 11.8 Å². The molecular formula is C24H29FN2O3. The lowest BCUT2D eigenvalue weighted by Gasteiger charge is -2.28. The van der Waals surface area contributed by atoms with E-state index in [0.717, 1.165) is 29.7 Å². The molecule has 0 bridgehead atoms. The van der Waals surface area contributed by atoms with Crippen LogP contribution in [0, 0.1) is 11.7 Å². The summed E-state index contributed by atoms with van der Waals surface area (Å²) in [4.78, 5) is 27.5. The Morgan fingerprint density at radius 3 is 2.50 bits per heavy atom. The summed E-state index contributed by atoms with van der Waals surface area (Å²) >= 11 is 0. The molecule has 0 aliphatic carbocycles. The third-order valence-corrected chi connectivity index (χ3v) is 5.60. The van der Waals surface area contributed by atoms with Crippen LogP contribution in [-0.4, -0.2) is 36.9 Å². The molecule has 2 aromatic rings. The Kier molecular flexibility index (Phi) is 7.44. The van der Waals surface area contributed by atoms with Gasteiger partial charge in [0.05, 0.1) is 19.1 Å². The Bertz CT molecular complexity index is 852. The first-order valence-electron chi connectivity index (χ1n) is 10.5. The van der Waals surface area contributed by atoms with Crippen molar-refractivity contribution in [1.29, 1.82) is 0 Å². The van der Waals surface area contributed by atoms with Crippen molar-refractivity contribution in [2.24, 2.45) is 5.92 Å². The number of rotatable bonds is 9. The molecule has 30 heavy (non-hydrogen) atoms. The number of halogens is 1. The highest BCUT2D eigenvalue weighted by molar-refractivity contribution is 5.90. The monoisotopic (exact) mass is 412 g/mol. The predicted octanol–water partition coefficient (Wildman–Crippen LogP) is 3.88. The molecule has 1 N–H and O–H groups in total. The number of benzene rings is 2. The number of hydrogen-bond donors (Lipinski definition) is 1. The first-order valence-corrected chi connectivity index (χ1v) is 10.5. The van der Waals surface area contributed by atoms with E-state index in [9.17, 15) is 14.0 Å². The molecule has 1 aliphatic heterocycles. The van der Waals surface area contributed by atoms with E-state index < -0.39 is 5.92 Å². The number of unbranched alkanes of at least 4 members (excludes halogenated alkanes) is 1. The van der Waals surface area contributed by atoms with Gasteiger partial charge in [0.25, 0.3) is 0 Å². The van der Waals surface area contributed by atoms with Crippen LogP contribution in [0.2, 0.25) is 0 Å². The summed E-state index contributed by atoms with van der Waals surface area (Å²) in [5.41, 5.74) is 1.90. The molecular weight excluding hydrogens is 383 g/mol. The number of ether oxygens (including phenoxy) is 1. The van der Waals surface area contributed by atoms with Crippen LogP contribution in [0.5, 0.6) is 5.75 Å². The van der Waals surface area contributed by atoms with Crippen molar-refractivity contribution in [1.82, 2.24) is 10.2 Å². The highest BCUT2D eigenvalue weighted by atomic mass is 19.1. The summed E-state index contributed by atoms with van der Waals surface area (Å²) in [6, 6.07) is 13.6. The van der Waals surface area contributed by atoms with Crippen molar-refractivity contribution in [3.63, 3.8) is 0 Å². The molecule has 2 aromatic carbocycles. The zero-order valence-corrected chi connectivity index (χ0v) is 17.6. The molecule has 1 heterocycles. The van der Waals surface area contributed by atoms with E-state index in [4.69, 9.17) is 4.74 Å². The number of hydrogen-bond acceptors (Lipinski definition) is 3. The number of methoxy groups -OCH3 is 1. The zero-order valence-electron chi connectivity index (χ0n) is 17.6. The fourth-order valence-electron chi connectivity index (χ4n) is 3.94. The van der Waals surface area contributed by atoms with Gasteiger partial charge in [-0.2, -0.15) is 0 Å². The molecule has 160 valence electrons. The van der Waals surface area contributed by atoms with Crippen molar-refractivity contribution in [3.8, 4) is 5.75 Å². The van der Waals surface area contributed by atoms with Gasteiger partial charge in [-0.25, -0.2) is 4.39 Å². The molecule has 6 heteroatoms. The van der Waals surface area contributed by atoms with Gasteiger partial charge in [0.15, 0.2) is 0 Å². The number of nitrogens with zero attached hydrogens (tertiary/aromatic N) is 1. The van der Waals surface area contributed by atoms with Crippen LogP contribution in [0.15, 0.2) is 48.5 Å². The molecule has 1 aliphatic rings. The highest BCUT2D eigenvalue weighted by Crippen LogP contribution is 2.39. The van der Waals surface area contributed by atoms with Gasteiger partial charge in [-0.05, 0) is 48.2 Å². The summed E-state index contributed by atoms with van der Waals surface area (Å²) < 4.78 is 18.3. The minimum absolute atomic E-state index is 0.0166. The Morgan fingerprint density at radius 2 is 1.87 bits per heavy atom. The molecule has 0 aromatic heterocycles. The smallest absolute Gasteiger partial charge is 0.226 e. The maximum absolute atomic E-state index is 13.0. The Hall–Kier alpha value is -2.89. The molecule has 5 nitrogen and oxygen atoms in total. The van der Waals surface area contributed by atoms with Gasteiger partial charge in [-0.15, -0.1) is 0 Å². The Balaban J connectivity index is 1.71. The van der Waals surface area contributed by atoms with Gasteiger partial charge in [0.2, 0.25) is 11.8 Å². The van der Waals surface area contributed by atoms with Crippen molar-refractivity contribution in [3.05, 3.63) is 65.5 Å². The fourth-order valence-corrected chi connectivity index (χ4v) is 3.94. The van der Waals surface area contributed by atoms with Gasteiger partial charge in [0.1, 0.15) is 11.6 Å². The number of amides is 2. The standard InChI is InChI=1S/C24H29FN2O3/c1-3-4-15-27-22(28)16-21(23(27)18-7-11-20(30-2)12-8-18)24(29)26-14-13-17-5-9-19(25)10-6-17/h5-12,21,23H,3-4,13-16H2,1-2H3,(H,26,29). The summed E-state index contributed by atoms with van der Waals surface area (Å²) in [7, 11) is 1.61. The lowest BCUT2D eigenvalue weighted by atomic mass is 9.92. The quantitative estimate of drug-likeness (QED) is 0.680. The molecule has 0 saturated carbocycles. The first-order chi connectivity index (χ1) is 14.5. The summed E-state index contributed by atoms with van der Waals surface area (Å²) in [5, 5.41) is 2.97. The molecule has 2 atom stereocenters. The third-order valence-electron chi connectivity index (χ3n) is 5.60. The van der Waals surface area contributed by atoms with Crippen LogP contribution in [-0.2, 0) is 16.0 Å². The van der Waals surface area contributed by atoms with Crippen molar-refractivity contribution in [2.45, 2.75) is 38.6 Å². The number of nitrogens with one attached hydrogen (secondary N) is 1. The molecule has 2 unspecified atom stereocenters. The van der Waals surface area contributed by atoms with Crippen molar-refractivity contribution in [2.75, 3.05) is 20.2 Å². The maximum Gasteiger partial charge on any atom is 0.226 e. The van der Waals surface area contributed by atoms with E-state index in [1.165, 1.54) is 12.1 Å². The predicted molar refractivity (Wildman–Crippen MR) is 114 cm³/mol. The second kappa shape index (κ2) is 10.2. The van der Waals surface area contributed by atoms with Crippen LogP contribution in [0.25, 0.3) is 0 Å². The second-order valence-electron chi connectivity index (χ2n) is 7.64. The van der Waals surface area contributed by atoms with Gasteiger partial charge < -0.3 is 15.0 Å². The molecule has 0 spiro atoms. The van der Waals surface area contributed by atoms with Crippen LogP contribution < -0.4 is 10.1 Å². The van der Waals surface area contributed by atoms with E-state index in [2.05, 4.69) is 12.2 Å². The number of carbonyl (C=O) groups excluding carboxylic acids is 2. The van der Waals surface area contributed by atoms with Crippen LogP contribution in [0.3, 0.4) is 0 Å². The van der Waals surface area contributed by atoms with Crippen LogP contribution in [0.1, 0.15) is 43.4 Å². The van der Waals surface area contributed by atoms with E-state index in [0.29, 0.717) is 19.5 Å². The summed E-state index contributed by atoms with van der Waals surface area (Å²) in [5.74, 6) is -0.0746. The topological polar surface area (TPSA) is 58.6 Å². The first kappa shape index (κ1) is 21.8. The normalized spacial score (nSPS) is 18.5. The van der Waals surface area contributed by atoms with Crippen molar-refractivity contribution < 1.29 is 18.7 Å². The van der Waals surface area contributed by atoms with Gasteiger partial charge in [-0.3, -0.25) is 9.59 Å². The average molecular weight is 413 g/mol. The molecule has 2 amide bonds. The van der Waals surface area contributed by atoms with Gasteiger partial charge >= 0.3 is 0 Å². The van der Waals surface area contributed by atoms with E-state index in [-0.39, 0.29) is 30.1 Å². The van der Waals surface area contributed by atoms with Crippen LogP contribution in [0.4, 0.5) is 4.39 Å². The number of carbonyl (C=O) groups is 2. The second-order valence-corrected chi connectivity index (χ2v) is 7.64. The van der Waals surface area contributed by atoms with E-state index in [1.807, 2.05) is 29.2 Å². The van der Waals surface area contributed by atoms with Crippen LogP contribution >= 0.6 is 0 Å². The molecule has 0 radical (unpaired) electrons. The number of likely N-dealkylation sites (tertiary alicyclic amines) is 1. The Morgan fingerprint density at radius 1 is 1.17 bits per heavy atom. The van der Waals surface area contributed by atoms with Gasteiger partial charge in [-0.1, -0.05) is 37.6 Å². The maximum atomic E-state index is 13.0. The third kappa shape index (κ3) is 5.17. The SMILES string of the molecule is CCCCN1C(=O)CC(C(=O)NCCc2ccc(F)cc2)C1c1ccc(OC)cc1. The average Bonchev–Trinajstić information content (AvgIpc) is 3.09. The highest BCUT2D eigenvalue weighted by Gasteiger charge is 2.43. The molecule has 3 rings (SSSR count). The van der Waals surface area contributed by atoms with Gasteiger partial charge in [0, 0.05) is 19.5 Å². The molecule has 1 saturated heterocycles. The largest absolute Gasteiger partial charge is 0.497 e. The fraction of sp³-hybridized carbons (Fsp3) is 0.417. The Labute approximate surface area is 177 Å². The molecule has 1 fully saturated rings. The van der Waals surface area contributed by atoms with E-state index >= 15 is 0 Å². The zero-order chi connectivity index (χ0) is 21.5. The van der Waals surface area contributed by atoms with E-state index in [1.54, 1.807) is 19.2 Å². The summed E-state index contributed by atoms with van der Waals surface area (Å²) in [6.07, 6.45) is 2.70. The summed E-state index contributed by atoms with van der Waals surface area (Å²) in [6.45, 7) is 3.17.